The predicted molar refractivity (Wildman–Crippen MR) is 104 cm³/mol. The van der Waals surface area contributed by atoms with E-state index in [1.54, 1.807) is 18.2 Å². The Balaban J connectivity index is 1.59. The first-order valence-corrected chi connectivity index (χ1v) is 9.89. The Kier molecular flexibility index (Phi) is 5.26. The third-order valence-electron chi connectivity index (χ3n) is 4.60. The van der Waals surface area contributed by atoms with Crippen molar-refractivity contribution in [2.45, 2.75) is 12.8 Å². The van der Waals surface area contributed by atoms with Crippen LogP contribution < -0.4 is 25.4 Å². The maximum atomic E-state index is 12.7. The molecule has 2 aromatic rings. The van der Waals surface area contributed by atoms with Gasteiger partial charge < -0.3 is 25.4 Å². The molecule has 0 saturated carbocycles. The number of piperidine rings is 1. The number of anilines is 2. The number of rotatable bonds is 4. The molecule has 27 heavy (non-hydrogen) atoms. The van der Waals surface area contributed by atoms with Crippen molar-refractivity contribution in [2.24, 2.45) is 5.92 Å². The number of nitrogens with one attached hydrogen (secondary N) is 3. The number of hydrogen-bond donors (Lipinski definition) is 3. The number of fused-ring (bicyclic) bond motifs is 1. The van der Waals surface area contributed by atoms with Crippen LogP contribution in [0.5, 0.6) is 11.5 Å². The van der Waals surface area contributed by atoms with E-state index in [-0.39, 0.29) is 17.7 Å². The fourth-order valence-electron chi connectivity index (χ4n) is 3.20. The normalized spacial score (nSPS) is 18.6. The molecule has 7 nitrogen and oxygen atoms in total. The van der Waals surface area contributed by atoms with Crippen LogP contribution in [0, 0.1) is 5.92 Å². The minimum absolute atomic E-state index is 0.0644. The summed E-state index contributed by atoms with van der Waals surface area (Å²) < 4.78 is 11.2. The van der Waals surface area contributed by atoms with Crippen LogP contribution in [0.4, 0.5) is 11.4 Å². The van der Waals surface area contributed by atoms with Gasteiger partial charge in [0.15, 0.2) is 11.5 Å². The van der Waals surface area contributed by atoms with Gasteiger partial charge in [0.05, 0.1) is 22.2 Å². The van der Waals surface area contributed by atoms with Crippen LogP contribution in [0.1, 0.15) is 22.5 Å². The van der Waals surface area contributed by atoms with Crippen LogP contribution in [-0.2, 0) is 4.79 Å². The van der Waals surface area contributed by atoms with E-state index in [0.717, 1.165) is 19.4 Å². The molecule has 3 N–H and O–H groups in total. The van der Waals surface area contributed by atoms with E-state index in [1.807, 2.05) is 11.4 Å². The van der Waals surface area contributed by atoms with Crippen molar-refractivity contribution in [3.05, 3.63) is 34.5 Å². The van der Waals surface area contributed by atoms with Crippen molar-refractivity contribution in [2.75, 3.05) is 36.9 Å². The minimum Gasteiger partial charge on any atom is -0.486 e. The van der Waals surface area contributed by atoms with E-state index in [0.29, 0.717) is 47.5 Å². The van der Waals surface area contributed by atoms with Crippen LogP contribution in [0.3, 0.4) is 0 Å². The fraction of sp³-hybridized carbons (Fsp3) is 0.368. The van der Waals surface area contributed by atoms with Crippen LogP contribution >= 0.6 is 11.3 Å². The van der Waals surface area contributed by atoms with E-state index in [1.165, 1.54) is 11.3 Å². The maximum Gasteiger partial charge on any atom is 0.265 e. The molecule has 0 spiro atoms. The molecule has 0 bridgehead atoms. The maximum absolute atomic E-state index is 12.7. The van der Waals surface area contributed by atoms with Crippen LogP contribution in [0.15, 0.2) is 29.6 Å². The largest absolute Gasteiger partial charge is 0.486 e. The lowest BCUT2D eigenvalue weighted by Crippen LogP contribution is -2.37. The summed E-state index contributed by atoms with van der Waals surface area (Å²) in [6, 6.07) is 6.99. The average Bonchev–Trinajstić information content (AvgIpc) is 3.24. The number of thiophene rings is 1. The number of carbonyl (C=O) groups is 2. The summed E-state index contributed by atoms with van der Waals surface area (Å²) in [6.45, 7) is 2.50. The molecular formula is C19H21N3O4S. The highest BCUT2D eigenvalue weighted by atomic mass is 32.1. The average molecular weight is 387 g/mol. The van der Waals surface area contributed by atoms with Gasteiger partial charge >= 0.3 is 0 Å². The Labute approximate surface area is 161 Å². The number of benzene rings is 1. The molecule has 1 atom stereocenters. The van der Waals surface area contributed by atoms with Gasteiger partial charge in [0.1, 0.15) is 13.2 Å². The first kappa shape index (κ1) is 17.8. The molecule has 1 fully saturated rings. The van der Waals surface area contributed by atoms with E-state index in [9.17, 15) is 9.59 Å². The molecule has 4 rings (SSSR count). The number of carbonyl (C=O) groups excluding carboxylic acids is 2. The Morgan fingerprint density at radius 3 is 2.48 bits per heavy atom. The molecule has 1 aromatic carbocycles. The summed E-state index contributed by atoms with van der Waals surface area (Å²) in [5.41, 5.74) is 1.01. The molecule has 2 amide bonds. The fourth-order valence-corrected chi connectivity index (χ4v) is 3.82. The molecule has 3 heterocycles. The van der Waals surface area contributed by atoms with Gasteiger partial charge in [-0.1, -0.05) is 6.07 Å². The molecule has 1 aromatic heterocycles. The van der Waals surface area contributed by atoms with Crippen molar-refractivity contribution in [1.29, 1.82) is 0 Å². The monoisotopic (exact) mass is 387 g/mol. The summed E-state index contributed by atoms with van der Waals surface area (Å²) in [4.78, 5) is 25.8. The standard InChI is InChI=1S/C19H21N3O4S/c23-18(12-3-1-5-20-11-12)21-13-9-15-16(26-7-6-25-15)10-14(13)22-19(24)17-4-2-8-27-17/h2,4,8-10,12,20H,1,3,5-7,11H2,(H,21,23)(H,22,24). The number of amides is 2. The lowest BCUT2D eigenvalue weighted by molar-refractivity contribution is -0.120. The van der Waals surface area contributed by atoms with Crippen LogP contribution in [0.25, 0.3) is 0 Å². The quantitative estimate of drug-likeness (QED) is 0.751. The molecule has 1 unspecified atom stereocenters. The van der Waals surface area contributed by atoms with Crippen molar-refractivity contribution in [3.8, 4) is 11.5 Å². The molecule has 1 saturated heterocycles. The zero-order valence-corrected chi connectivity index (χ0v) is 15.6. The Hall–Kier alpha value is -2.58. The highest BCUT2D eigenvalue weighted by molar-refractivity contribution is 7.12. The van der Waals surface area contributed by atoms with Gasteiger partial charge in [-0.3, -0.25) is 9.59 Å². The van der Waals surface area contributed by atoms with Gasteiger partial charge in [-0.05, 0) is 30.8 Å². The zero-order valence-electron chi connectivity index (χ0n) is 14.7. The van der Waals surface area contributed by atoms with Gasteiger partial charge in [-0.15, -0.1) is 11.3 Å². The molecule has 8 heteroatoms. The summed E-state index contributed by atoms with van der Waals surface area (Å²) >= 11 is 1.36. The predicted octanol–water partition coefficient (Wildman–Crippen LogP) is 2.71. The van der Waals surface area contributed by atoms with Gasteiger partial charge in [0.2, 0.25) is 5.91 Å². The van der Waals surface area contributed by atoms with Crippen molar-refractivity contribution < 1.29 is 19.1 Å². The summed E-state index contributed by atoms with van der Waals surface area (Å²) in [7, 11) is 0. The first-order chi connectivity index (χ1) is 13.2. The van der Waals surface area contributed by atoms with E-state index in [4.69, 9.17) is 9.47 Å². The van der Waals surface area contributed by atoms with Gasteiger partial charge in [0, 0.05) is 18.7 Å². The number of hydrogen-bond acceptors (Lipinski definition) is 6. The summed E-state index contributed by atoms with van der Waals surface area (Å²) in [6.07, 6.45) is 1.82. The van der Waals surface area contributed by atoms with Gasteiger partial charge in [-0.25, -0.2) is 0 Å². The van der Waals surface area contributed by atoms with Gasteiger partial charge in [0.25, 0.3) is 5.91 Å². The molecule has 2 aliphatic rings. The lowest BCUT2D eigenvalue weighted by Gasteiger charge is -2.24. The highest BCUT2D eigenvalue weighted by Gasteiger charge is 2.24. The van der Waals surface area contributed by atoms with E-state index in [2.05, 4.69) is 16.0 Å². The Bertz CT molecular complexity index is 832. The van der Waals surface area contributed by atoms with Crippen LogP contribution in [0.2, 0.25) is 0 Å². The third kappa shape index (κ3) is 4.06. The van der Waals surface area contributed by atoms with Crippen LogP contribution in [-0.4, -0.2) is 38.1 Å². The van der Waals surface area contributed by atoms with Gasteiger partial charge in [-0.2, -0.15) is 0 Å². The smallest absolute Gasteiger partial charge is 0.265 e. The third-order valence-corrected chi connectivity index (χ3v) is 5.47. The second kappa shape index (κ2) is 7.98. The first-order valence-electron chi connectivity index (χ1n) is 9.01. The van der Waals surface area contributed by atoms with Crippen molar-refractivity contribution in [1.82, 2.24) is 5.32 Å². The highest BCUT2D eigenvalue weighted by Crippen LogP contribution is 2.39. The second-order valence-electron chi connectivity index (χ2n) is 6.51. The molecular weight excluding hydrogens is 366 g/mol. The van der Waals surface area contributed by atoms with E-state index < -0.39 is 0 Å². The second-order valence-corrected chi connectivity index (χ2v) is 7.45. The van der Waals surface area contributed by atoms with Crippen molar-refractivity contribution >= 4 is 34.5 Å². The SMILES string of the molecule is O=C(Nc1cc2c(cc1NC(=O)C1CCCNC1)OCCO2)c1cccs1. The van der Waals surface area contributed by atoms with Crippen molar-refractivity contribution in [3.63, 3.8) is 0 Å². The molecule has 0 aliphatic carbocycles. The molecule has 142 valence electrons. The Morgan fingerprint density at radius 2 is 1.85 bits per heavy atom. The minimum atomic E-state index is -0.225. The number of ether oxygens (including phenoxy) is 2. The lowest BCUT2D eigenvalue weighted by atomic mass is 9.98. The zero-order chi connectivity index (χ0) is 18.6. The molecule has 0 radical (unpaired) electrons. The summed E-state index contributed by atoms with van der Waals surface area (Å²) in [5, 5.41) is 10.9. The van der Waals surface area contributed by atoms with E-state index >= 15 is 0 Å². The summed E-state index contributed by atoms with van der Waals surface area (Å²) in [5.74, 6) is 0.738. The topological polar surface area (TPSA) is 88.7 Å². The Morgan fingerprint density at radius 1 is 1.11 bits per heavy atom. The molecule has 2 aliphatic heterocycles.